The van der Waals surface area contributed by atoms with Gasteiger partial charge in [-0.15, -0.1) is 22.6 Å². The predicted octanol–water partition coefficient (Wildman–Crippen LogP) is 3.83. The molecule has 1 fully saturated rings. The van der Waals surface area contributed by atoms with E-state index < -0.39 is 6.04 Å². The van der Waals surface area contributed by atoms with E-state index in [0.717, 1.165) is 38.0 Å². The lowest BCUT2D eigenvalue weighted by molar-refractivity contribution is -0.126. The highest BCUT2D eigenvalue weighted by Gasteiger charge is 2.30. The lowest BCUT2D eigenvalue weighted by Crippen LogP contribution is -2.44. The summed E-state index contributed by atoms with van der Waals surface area (Å²) in [7, 11) is 3.99. The zero-order valence-corrected chi connectivity index (χ0v) is 19.6. The Balaban J connectivity index is 0.00000420. The zero-order chi connectivity index (χ0) is 20.5. The number of nitrogens with one attached hydrogen (secondary N) is 1. The second-order valence-corrected chi connectivity index (χ2v) is 9.31. The molecule has 0 saturated heterocycles. The highest BCUT2D eigenvalue weighted by Crippen LogP contribution is 2.24. The lowest BCUT2D eigenvalue weighted by atomic mass is 9.96. The molecule has 1 heterocycles. The lowest BCUT2D eigenvalue weighted by Gasteiger charge is -2.21. The molecule has 1 aliphatic rings. The van der Waals surface area contributed by atoms with Crippen molar-refractivity contribution in [2.45, 2.75) is 70.1 Å². The maximum absolute atomic E-state index is 12.9. The highest BCUT2D eigenvalue weighted by atomic mass is 35.5. The second kappa shape index (κ2) is 13.2. The number of thioether (sulfide) groups is 1. The molecule has 0 radical (unpaired) electrons. The van der Waals surface area contributed by atoms with Crippen LogP contribution in [0.5, 0.6) is 0 Å². The van der Waals surface area contributed by atoms with E-state index in [9.17, 15) is 9.59 Å². The van der Waals surface area contributed by atoms with Crippen LogP contribution in [0.1, 0.15) is 69.5 Å². The normalized spacial score (nSPS) is 16.3. The molecular formula is C20H35ClN4O3S. The molecule has 2 rings (SSSR count). The van der Waals surface area contributed by atoms with E-state index in [1.54, 1.807) is 0 Å². The van der Waals surface area contributed by atoms with Crippen LogP contribution < -0.4 is 5.32 Å². The van der Waals surface area contributed by atoms with Gasteiger partial charge >= 0.3 is 0 Å². The minimum atomic E-state index is -0.615. The molecule has 1 aliphatic carbocycles. The first-order chi connectivity index (χ1) is 13.4. The van der Waals surface area contributed by atoms with Crippen molar-refractivity contribution in [3.8, 4) is 0 Å². The van der Waals surface area contributed by atoms with Gasteiger partial charge < -0.3 is 14.6 Å². The monoisotopic (exact) mass is 446 g/mol. The SMILES string of the molecule is CC(C)CC(NC(=O)C1CCCCCC1)C(=O)c1nnc(SCCN(C)C)o1.Cl. The van der Waals surface area contributed by atoms with Gasteiger partial charge in [0.15, 0.2) is 0 Å². The summed E-state index contributed by atoms with van der Waals surface area (Å²) in [6.07, 6.45) is 6.91. The average Bonchev–Trinajstić information content (AvgIpc) is 2.92. The van der Waals surface area contributed by atoms with Crippen LogP contribution in [-0.2, 0) is 4.79 Å². The fourth-order valence-electron chi connectivity index (χ4n) is 3.37. The van der Waals surface area contributed by atoms with Crippen LogP contribution in [0, 0.1) is 11.8 Å². The zero-order valence-electron chi connectivity index (χ0n) is 18.0. The van der Waals surface area contributed by atoms with Gasteiger partial charge in [0.05, 0.1) is 6.04 Å². The molecule has 7 nitrogen and oxygen atoms in total. The third kappa shape index (κ3) is 9.05. The Hall–Kier alpha value is -1.12. The van der Waals surface area contributed by atoms with Crippen LogP contribution in [0.3, 0.4) is 0 Å². The number of Topliss-reactive ketones (excluding diaryl/α,β-unsaturated/α-hetero) is 1. The van der Waals surface area contributed by atoms with Gasteiger partial charge in [-0.05, 0) is 39.3 Å². The number of halogens is 1. The first-order valence-corrected chi connectivity index (χ1v) is 11.3. The van der Waals surface area contributed by atoms with E-state index in [0.29, 0.717) is 11.6 Å². The smallest absolute Gasteiger partial charge is 0.286 e. The van der Waals surface area contributed by atoms with Crippen molar-refractivity contribution in [2.24, 2.45) is 11.8 Å². The standard InChI is InChI=1S/C20H34N4O3S.ClH/c1-14(2)13-16(21-18(26)15-9-7-5-6-8-10-15)17(25)19-22-23-20(27-19)28-12-11-24(3)4;/h14-16H,5-13H2,1-4H3,(H,21,26);1H. The summed E-state index contributed by atoms with van der Waals surface area (Å²) < 4.78 is 5.56. The summed E-state index contributed by atoms with van der Waals surface area (Å²) in [6, 6.07) is -0.615. The average molecular weight is 447 g/mol. The summed E-state index contributed by atoms with van der Waals surface area (Å²) in [5.41, 5.74) is 0. The van der Waals surface area contributed by atoms with Gasteiger partial charge in [-0.2, -0.15) is 0 Å². The number of carbonyl (C=O) groups is 2. The van der Waals surface area contributed by atoms with Gasteiger partial charge in [0.1, 0.15) is 0 Å². The molecule has 0 bridgehead atoms. The molecule has 1 amide bonds. The van der Waals surface area contributed by atoms with Crippen molar-refractivity contribution < 1.29 is 14.0 Å². The molecule has 0 spiro atoms. The Morgan fingerprint density at radius 1 is 1.17 bits per heavy atom. The quantitative estimate of drug-likeness (QED) is 0.332. The molecule has 0 aliphatic heterocycles. The maximum atomic E-state index is 12.9. The van der Waals surface area contributed by atoms with E-state index in [1.165, 1.54) is 24.6 Å². The van der Waals surface area contributed by atoms with Crippen LogP contribution in [0.4, 0.5) is 0 Å². The molecule has 9 heteroatoms. The summed E-state index contributed by atoms with van der Waals surface area (Å²) in [4.78, 5) is 27.8. The van der Waals surface area contributed by atoms with Crippen LogP contribution >= 0.6 is 24.2 Å². The number of carbonyl (C=O) groups excluding carboxylic acids is 2. The van der Waals surface area contributed by atoms with E-state index in [2.05, 4.69) is 20.4 Å². The minimum Gasteiger partial charge on any atom is -0.408 e. The first kappa shape index (κ1) is 25.9. The van der Waals surface area contributed by atoms with Crippen LogP contribution in [0.15, 0.2) is 9.64 Å². The molecule has 166 valence electrons. The summed E-state index contributed by atoms with van der Waals surface area (Å²) >= 11 is 1.43. The molecule has 1 saturated carbocycles. The molecule has 0 aromatic carbocycles. The first-order valence-electron chi connectivity index (χ1n) is 10.3. The number of aromatic nitrogens is 2. The highest BCUT2D eigenvalue weighted by molar-refractivity contribution is 7.99. The van der Waals surface area contributed by atoms with E-state index in [-0.39, 0.29) is 41.8 Å². The third-order valence-corrected chi connectivity index (χ3v) is 5.75. The predicted molar refractivity (Wildman–Crippen MR) is 118 cm³/mol. The van der Waals surface area contributed by atoms with Crippen LogP contribution in [0.2, 0.25) is 0 Å². The Morgan fingerprint density at radius 2 is 1.83 bits per heavy atom. The second-order valence-electron chi connectivity index (χ2n) is 8.27. The van der Waals surface area contributed by atoms with Crippen molar-refractivity contribution in [3.05, 3.63) is 5.89 Å². The summed E-state index contributed by atoms with van der Waals surface area (Å²) in [5.74, 6) is 0.754. The van der Waals surface area contributed by atoms with E-state index >= 15 is 0 Å². The molecule has 29 heavy (non-hydrogen) atoms. The molecule has 1 atom stereocenters. The third-order valence-electron chi connectivity index (χ3n) is 4.95. The van der Waals surface area contributed by atoms with E-state index in [1.807, 2.05) is 27.9 Å². The van der Waals surface area contributed by atoms with Gasteiger partial charge in [-0.25, -0.2) is 0 Å². The van der Waals surface area contributed by atoms with Crippen LogP contribution in [0.25, 0.3) is 0 Å². The number of ketones is 1. The van der Waals surface area contributed by atoms with Gasteiger partial charge in [-0.1, -0.05) is 51.3 Å². The van der Waals surface area contributed by atoms with Crippen molar-refractivity contribution in [3.63, 3.8) is 0 Å². The fourth-order valence-corrected chi connectivity index (χ4v) is 4.23. The van der Waals surface area contributed by atoms with Crippen LogP contribution in [-0.4, -0.2) is 59.2 Å². The topological polar surface area (TPSA) is 88.3 Å². The van der Waals surface area contributed by atoms with Crippen molar-refractivity contribution in [1.82, 2.24) is 20.4 Å². The molecule has 1 N–H and O–H groups in total. The molecule has 1 aromatic heterocycles. The van der Waals surface area contributed by atoms with Crippen molar-refractivity contribution >= 4 is 35.9 Å². The molecular weight excluding hydrogens is 412 g/mol. The number of amides is 1. The summed E-state index contributed by atoms with van der Waals surface area (Å²) in [6.45, 7) is 4.95. The minimum absolute atomic E-state index is 0. The number of hydrogen-bond acceptors (Lipinski definition) is 7. The Labute approximate surface area is 184 Å². The molecule has 1 aromatic rings. The number of hydrogen-bond donors (Lipinski definition) is 1. The maximum Gasteiger partial charge on any atom is 0.286 e. The largest absolute Gasteiger partial charge is 0.408 e. The Morgan fingerprint density at radius 3 is 2.41 bits per heavy atom. The van der Waals surface area contributed by atoms with Gasteiger partial charge in [0, 0.05) is 18.2 Å². The number of rotatable bonds is 10. The van der Waals surface area contributed by atoms with Gasteiger partial charge in [0.2, 0.25) is 11.7 Å². The van der Waals surface area contributed by atoms with Crippen molar-refractivity contribution in [1.29, 1.82) is 0 Å². The van der Waals surface area contributed by atoms with Gasteiger partial charge in [0.25, 0.3) is 11.1 Å². The Kier molecular flexibility index (Phi) is 11.8. The summed E-state index contributed by atoms with van der Waals surface area (Å²) in [5, 5.41) is 11.3. The Bertz CT molecular complexity index is 631. The van der Waals surface area contributed by atoms with Gasteiger partial charge in [-0.3, -0.25) is 9.59 Å². The number of nitrogens with zero attached hydrogens (tertiary/aromatic N) is 3. The van der Waals surface area contributed by atoms with Crippen molar-refractivity contribution in [2.75, 3.05) is 26.4 Å². The molecule has 1 unspecified atom stereocenters. The fraction of sp³-hybridized carbons (Fsp3) is 0.800. The van der Waals surface area contributed by atoms with E-state index in [4.69, 9.17) is 4.42 Å².